The summed E-state index contributed by atoms with van der Waals surface area (Å²) in [5, 5.41) is 19.0. The molecule has 0 bridgehead atoms. The number of likely N-dealkylation sites (N-methyl/N-ethyl adjacent to an activating group) is 1. The number of aliphatic hydroxyl groups excluding tert-OH is 1. The first-order valence-corrected chi connectivity index (χ1v) is 17.6. The molecule has 0 radical (unpaired) electrons. The molecule has 1 saturated heterocycles. The SMILES string of the molecule is Cc1c(-c2nc3cc(CN(C)CCO)c(OC(F)F)cc3o2)cccc1-c1cccc(-c2nc3cc(CN4CCC[C@H]4C(=O)O)c(OC(F)F)cc3o2)c1C. The van der Waals surface area contributed by atoms with E-state index < -0.39 is 25.2 Å². The van der Waals surface area contributed by atoms with Crippen LogP contribution in [-0.4, -0.2) is 82.0 Å². The van der Waals surface area contributed by atoms with Gasteiger partial charge in [0.05, 0.1) is 6.61 Å². The fourth-order valence-corrected chi connectivity index (χ4v) is 7.26. The highest BCUT2D eigenvalue weighted by Crippen LogP contribution is 2.40. The van der Waals surface area contributed by atoms with Gasteiger partial charge in [-0.25, -0.2) is 9.97 Å². The van der Waals surface area contributed by atoms with Crippen LogP contribution < -0.4 is 9.47 Å². The second-order valence-electron chi connectivity index (χ2n) is 13.5. The van der Waals surface area contributed by atoms with Gasteiger partial charge in [0.2, 0.25) is 11.8 Å². The lowest BCUT2D eigenvalue weighted by Crippen LogP contribution is -2.35. The maximum absolute atomic E-state index is 13.5. The molecule has 2 aromatic heterocycles. The molecule has 1 aliphatic heterocycles. The summed E-state index contributed by atoms with van der Waals surface area (Å²) in [7, 11) is 1.75. The molecule has 0 saturated carbocycles. The molecule has 3 heterocycles. The Morgan fingerprint density at radius 2 is 1.36 bits per heavy atom. The largest absolute Gasteiger partial charge is 0.480 e. The van der Waals surface area contributed by atoms with Gasteiger partial charge >= 0.3 is 19.2 Å². The van der Waals surface area contributed by atoms with E-state index in [1.807, 2.05) is 50.2 Å². The van der Waals surface area contributed by atoms with E-state index in [0.717, 1.165) is 22.3 Å². The normalized spacial score (nSPS) is 15.0. The van der Waals surface area contributed by atoms with E-state index in [2.05, 4.69) is 0 Å². The number of rotatable bonds is 14. The lowest BCUT2D eigenvalue weighted by atomic mass is 9.91. The smallest absolute Gasteiger partial charge is 0.387 e. The molecule has 2 N–H and O–H groups in total. The quantitative estimate of drug-likeness (QED) is 0.104. The minimum Gasteiger partial charge on any atom is -0.480 e. The predicted molar refractivity (Wildman–Crippen MR) is 195 cm³/mol. The number of aliphatic hydroxyl groups is 1. The van der Waals surface area contributed by atoms with E-state index in [1.165, 1.54) is 12.1 Å². The second kappa shape index (κ2) is 15.7. The predicted octanol–water partition coefficient (Wildman–Crippen LogP) is 8.26. The lowest BCUT2D eigenvalue weighted by molar-refractivity contribution is -0.142. The van der Waals surface area contributed by atoms with Crippen LogP contribution in [0.15, 0.2) is 69.5 Å². The number of likely N-dealkylation sites (tertiary alicyclic amines) is 1. The number of carboxylic acid groups (broad SMARTS) is 1. The number of alkyl halides is 4. The number of hydrogen-bond donors (Lipinski definition) is 2. The fraction of sp³-hybridized carbons (Fsp3) is 0.325. The van der Waals surface area contributed by atoms with Crippen LogP contribution in [0.25, 0.3) is 56.2 Å². The summed E-state index contributed by atoms with van der Waals surface area (Å²) in [6, 6.07) is 16.6. The molecule has 1 atom stereocenters. The minimum atomic E-state index is -3.10. The van der Waals surface area contributed by atoms with Gasteiger partial charge in [0.1, 0.15) is 28.6 Å². The van der Waals surface area contributed by atoms with Crippen molar-refractivity contribution in [2.45, 2.75) is 59.0 Å². The molecule has 1 fully saturated rings. The Balaban J connectivity index is 1.23. The fourth-order valence-electron chi connectivity index (χ4n) is 7.26. The van der Waals surface area contributed by atoms with Crippen molar-refractivity contribution in [3.8, 4) is 45.5 Å². The number of ether oxygens (including phenoxy) is 2. The molecule has 288 valence electrons. The Kier molecular flexibility index (Phi) is 10.8. The molecule has 11 nitrogen and oxygen atoms in total. The number of hydrogen-bond acceptors (Lipinski definition) is 10. The summed E-state index contributed by atoms with van der Waals surface area (Å²) in [6.07, 6.45) is 1.14. The van der Waals surface area contributed by atoms with Crippen molar-refractivity contribution in [2.75, 3.05) is 26.7 Å². The third-order valence-corrected chi connectivity index (χ3v) is 9.94. The van der Waals surface area contributed by atoms with Gasteiger partial charge in [-0.05, 0) is 86.8 Å². The summed E-state index contributed by atoms with van der Waals surface area (Å²) in [5.41, 5.74) is 6.91. The monoisotopic (exact) mass is 762 g/mol. The van der Waals surface area contributed by atoms with Crippen LogP contribution in [0.5, 0.6) is 11.5 Å². The molecule has 0 unspecified atom stereocenters. The topological polar surface area (TPSA) is 135 Å². The Bertz CT molecular complexity index is 2360. The first-order valence-electron chi connectivity index (χ1n) is 17.6. The number of aromatic nitrogens is 2. The van der Waals surface area contributed by atoms with Gasteiger partial charge in [0, 0.05) is 54.0 Å². The first kappa shape index (κ1) is 37.8. The molecule has 4 aromatic carbocycles. The minimum absolute atomic E-state index is 0.0421. The molecule has 15 heteroatoms. The van der Waals surface area contributed by atoms with Crippen LogP contribution in [0.3, 0.4) is 0 Å². The molecule has 7 rings (SSSR count). The Hall–Kier alpha value is -5.51. The highest BCUT2D eigenvalue weighted by Gasteiger charge is 2.31. The third-order valence-electron chi connectivity index (χ3n) is 9.94. The van der Waals surface area contributed by atoms with Crippen LogP contribution in [0.4, 0.5) is 17.6 Å². The zero-order chi connectivity index (χ0) is 39.0. The number of carboxylic acids is 1. The molecule has 55 heavy (non-hydrogen) atoms. The summed E-state index contributed by atoms with van der Waals surface area (Å²) < 4.78 is 75.5. The van der Waals surface area contributed by atoms with E-state index in [-0.39, 0.29) is 54.1 Å². The molecule has 0 spiro atoms. The summed E-state index contributed by atoms with van der Waals surface area (Å²) >= 11 is 0. The van der Waals surface area contributed by atoms with E-state index in [1.54, 1.807) is 29.0 Å². The zero-order valence-electron chi connectivity index (χ0n) is 30.2. The highest BCUT2D eigenvalue weighted by atomic mass is 19.3. The van der Waals surface area contributed by atoms with Crippen molar-refractivity contribution in [3.05, 3.63) is 82.9 Å². The number of oxazole rings is 2. The number of nitrogens with zero attached hydrogens (tertiary/aromatic N) is 4. The number of carbonyl (C=O) groups is 1. The van der Waals surface area contributed by atoms with E-state index >= 15 is 0 Å². The van der Waals surface area contributed by atoms with E-state index in [4.69, 9.17) is 28.3 Å². The molecule has 1 aliphatic rings. The van der Waals surface area contributed by atoms with Gasteiger partial charge in [-0.2, -0.15) is 17.6 Å². The average molecular weight is 763 g/mol. The maximum atomic E-state index is 13.5. The summed E-state index contributed by atoms with van der Waals surface area (Å²) in [5.74, 6) is -0.574. The van der Waals surface area contributed by atoms with Crippen molar-refractivity contribution < 1.29 is 50.9 Å². The standard InChI is InChI=1S/C40H38F4N4O7/c1-21-25(7-4-9-27(21)36-45-29-15-23(19-47(3)13-14-49)32(54-39(41)42)17-34(29)52-36)26-8-5-10-28(22(26)2)37-46-30-16-24(20-48-12-6-11-31(48)38(50)51)33(55-40(43)44)18-35(30)53-37/h4-5,7-10,15-18,31,39-40,49H,6,11-14,19-20H2,1-3H3,(H,50,51)/t31-/m0/s1. The molecular weight excluding hydrogens is 724 g/mol. The van der Waals surface area contributed by atoms with Crippen molar-refractivity contribution >= 4 is 28.2 Å². The van der Waals surface area contributed by atoms with Crippen LogP contribution in [0, 0.1) is 13.8 Å². The van der Waals surface area contributed by atoms with Crippen molar-refractivity contribution in [1.82, 2.24) is 19.8 Å². The average Bonchev–Trinajstić information content (AvgIpc) is 3.87. The van der Waals surface area contributed by atoms with Gasteiger partial charge in [-0.15, -0.1) is 0 Å². The molecular formula is C40H38F4N4O7. The zero-order valence-corrected chi connectivity index (χ0v) is 30.2. The number of halogens is 4. The maximum Gasteiger partial charge on any atom is 0.387 e. The van der Waals surface area contributed by atoms with Crippen LogP contribution in [0.2, 0.25) is 0 Å². The van der Waals surface area contributed by atoms with E-state index in [9.17, 15) is 32.6 Å². The van der Waals surface area contributed by atoms with Gasteiger partial charge in [-0.3, -0.25) is 14.6 Å². The Morgan fingerprint density at radius 3 is 1.87 bits per heavy atom. The van der Waals surface area contributed by atoms with Gasteiger partial charge in [0.15, 0.2) is 11.2 Å². The van der Waals surface area contributed by atoms with Crippen LogP contribution >= 0.6 is 0 Å². The van der Waals surface area contributed by atoms with Crippen molar-refractivity contribution in [3.63, 3.8) is 0 Å². The Labute approximate surface area is 312 Å². The van der Waals surface area contributed by atoms with Crippen LogP contribution in [0.1, 0.15) is 35.1 Å². The summed E-state index contributed by atoms with van der Waals surface area (Å²) in [4.78, 5) is 24.7. The van der Waals surface area contributed by atoms with Crippen molar-refractivity contribution in [2.24, 2.45) is 0 Å². The molecule has 6 aromatic rings. The van der Waals surface area contributed by atoms with Gasteiger partial charge in [-0.1, -0.05) is 24.3 Å². The number of benzene rings is 4. The van der Waals surface area contributed by atoms with Crippen LogP contribution in [-0.2, 0) is 17.9 Å². The lowest BCUT2D eigenvalue weighted by Gasteiger charge is -2.22. The summed E-state index contributed by atoms with van der Waals surface area (Å²) in [6.45, 7) is -1.22. The molecule has 0 amide bonds. The van der Waals surface area contributed by atoms with Gasteiger partial charge < -0.3 is 28.5 Å². The van der Waals surface area contributed by atoms with Gasteiger partial charge in [0.25, 0.3) is 0 Å². The number of aliphatic carboxylic acids is 1. The first-order chi connectivity index (χ1) is 26.4. The molecule has 0 aliphatic carbocycles. The second-order valence-corrected chi connectivity index (χ2v) is 13.5. The highest BCUT2D eigenvalue weighted by molar-refractivity contribution is 5.85. The third kappa shape index (κ3) is 7.86. The van der Waals surface area contributed by atoms with Crippen molar-refractivity contribution in [1.29, 1.82) is 0 Å². The number of fused-ring (bicyclic) bond motifs is 2. The van der Waals surface area contributed by atoms with E-state index in [0.29, 0.717) is 59.2 Å². The Morgan fingerprint density at radius 1 is 0.855 bits per heavy atom.